The molecule has 0 radical (unpaired) electrons. The van der Waals surface area contributed by atoms with Gasteiger partial charge >= 0.3 is 0 Å². The summed E-state index contributed by atoms with van der Waals surface area (Å²) in [5, 5.41) is 3.09. The summed E-state index contributed by atoms with van der Waals surface area (Å²) in [7, 11) is -1.75. The van der Waals surface area contributed by atoms with E-state index in [1.165, 1.54) is 7.05 Å². The van der Waals surface area contributed by atoms with E-state index in [9.17, 15) is 8.42 Å². The maximum Gasteiger partial charge on any atom is 0.212 e. The van der Waals surface area contributed by atoms with Crippen molar-refractivity contribution < 1.29 is 17.9 Å². The SMILES string of the molecule is CNS(=O)(=O)CCNCc1cc(Br)c2c(c1)OCCO2. The quantitative estimate of drug-likeness (QED) is 0.732. The number of fused-ring (bicyclic) bond motifs is 1. The molecule has 0 fully saturated rings. The Kier molecular flexibility index (Phi) is 5.25. The fourth-order valence-electron chi connectivity index (χ4n) is 1.81. The van der Waals surface area contributed by atoms with Crippen LogP contribution in [0.4, 0.5) is 0 Å². The molecule has 1 aliphatic rings. The van der Waals surface area contributed by atoms with Gasteiger partial charge in [0.2, 0.25) is 10.0 Å². The summed E-state index contributed by atoms with van der Waals surface area (Å²) in [6.45, 7) is 2.03. The summed E-state index contributed by atoms with van der Waals surface area (Å²) in [6, 6.07) is 3.84. The van der Waals surface area contributed by atoms with Crippen LogP contribution >= 0.6 is 15.9 Å². The van der Waals surface area contributed by atoms with E-state index < -0.39 is 10.0 Å². The van der Waals surface area contributed by atoms with Gasteiger partial charge in [-0.25, -0.2) is 13.1 Å². The average molecular weight is 365 g/mol. The van der Waals surface area contributed by atoms with E-state index in [4.69, 9.17) is 9.47 Å². The van der Waals surface area contributed by atoms with E-state index in [-0.39, 0.29) is 5.75 Å². The van der Waals surface area contributed by atoms with Crippen molar-refractivity contribution >= 4 is 26.0 Å². The molecule has 2 N–H and O–H groups in total. The van der Waals surface area contributed by atoms with Crippen LogP contribution in [0.3, 0.4) is 0 Å². The maximum atomic E-state index is 11.3. The van der Waals surface area contributed by atoms with Crippen molar-refractivity contribution in [3.05, 3.63) is 22.2 Å². The van der Waals surface area contributed by atoms with Gasteiger partial charge in [-0.3, -0.25) is 0 Å². The Morgan fingerprint density at radius 3 is 2.80 bits per heavy atom. The Bertz CT molecular complexity index is 577. The molecule has 2 rings (SSSR count). The first-order chi connectivity index (χ1) is 9.52. The largest absolute Gasteiger partial charge is 0.486 e. The van der Waals surface area contributed by atoms with E-state index in [1.54, 1.807) is 0 Å². The molecule has 20 heavy (non-hydrogen) atoms. The first-order valence-electron chi connectivity index (χ1n) is 6.22. The van der Waals surface area contributed by atoms with Gasteiger partial charge in [0.15, 0.2) is 11.5 Å². The second-order valence-electron chi connectivity index (χ2n) is 4.30. The lowest BCUT2D eigenvalue weighted by Gasteiger charge is -2.20. The van der Waals surface area contributed by atoms with Crippen molar-refractivity contribution in [3.8, 4) is 11.5 Å². The third-order valence-electron chi connectivity index (χ3n) is 2.84. The van der Waals surface area contributed by atoms with Gasteiger partial charge in [-0.15, -0.1) is 0 Å². The molecule has 0 spiro atoms. The Labute approximate surface area is 127 Å². The van der Waals surface area contributed by atoms with Crippen molar-refractivity contribution in [1.29, 1.82) is 0 Å². The van der Waals surface area contributed by atoms with Gasteiger partial charge in [-0.2, -0.15) is 0 Å². The summed E-state index contributed by atoms with van der Waals surface area (Å²) in [6.07, 6.45) is 0. The lowest BCUT2D eigenvalue weighted by molar-refractivity contribution is 0.170. The highest BCUT2D eigenvalue weighted by Gasteiger charge is 2.16. The normalized spacial score (nSPS) is 14.3. The van der Waals surface area contributed by atoms with Gasteiger partial charge in [-0.1, -0.05) is 0 Å². The van der Waals surface area contributed by atoms with Crippen molar-refractivity contribution in [2.24, 2.45) is 0 Å². The highest BCUT2D eigenvalue weighted by atomic mass is 79.9. The molecule has 0 bridgehead atoms. The number of benzene rings is 1. The molecule has 1 aromatic carbocycles. The Balaban J connectivity index is 1.92. The topological polar surface area (TPSA) is 76.7 Å². The Morgan fingerprint density at radius 2 is 2.05 bits per heavy atom. The van der Waals surface area contributed by atoms with Crippen LogP contribution in [0.25, 0.3) is 0 Å². The van der Waals surface area contributed by atoms with Gasteiger partial charge < -0.3 is 14.8 Å². The number of rotatable bonds is 6. The summed E-state index contributed by atoms with van der Waals surface area (Å²) < 4.78 is 36.7. The van der Waals surface area contributed by atoms with Gasteiger partial charge in [-0.05, 0) is 40.7 Å². The zero-order chi connectivity index (χ0) is 14.6. The molecule has 6 nitrogen and oxygen atoms in total. The molecule has 0 saturated heterocycles. The molecular weight excluding hydrogens is 348 g/mol. The molecule has 1 heterocycles. The summed E-state index contributed by atoms with van der Waals surface area (Å²) in [4.78, 5) is 0. The third kappa shape index (κ3) is 4.08. The molecule has 0 aromatic heterocycles. The number of halogens is 1. The van der Waals surface area contributed by atoms with Gasteiger partial charge in [0.1, 0.15) is 13.2 Å². The second kappa shape index (κ2) is 6.75. The number of sulfonamides is 1. The lowest BCUT2D eigenvalue weighted by Crippen LogP contribution is -2.29. The molecule has 1 aliphatic heterocycles. The van der Waals surface area contributed by atoms with Crippen molar-refractivity contribution in [2.45, 2.75) is 6.54 Å². The summed E-state index contributed by atoms with van der Waals surface area (Å²) >= 11 is 3.45. The van der Waals surface area contributed by atoms with Crippen molar-refractivity contribution in [2.75, 3.05) is 32.6 Å². The smallest absolute Gasteiger partial charge is 0.212 e. The molecule has 0 aliphatic carbocycles. The van der Waals surface area contributed by atoms with Crippen LogP contribution in [-0.2, 0) is 16.6 Å². The average Bonchev–Trinajstić information content (AvgIpc) is 2.44. The minimum atomic E-state index is -3.16. The standard InChI is InChI=1S/C12H17BrN2O4S/c1-14-20(16,17)5-2-15-8-9-6-10(13)12-11(7-9)18-3-4-19-12/h6-7,14-15H,2-5,8H2,1H3. The fraction of sp³-hybridized carbons (Fsp3) is 0.500. The van der Waals surface area contributed by atoms with Crippen LogP contribution in [0.15, 0.2) is 16.6 Å². The highest BCUT2D eigenvalue weighted by molar-refractivity contribution is 9.10. The zero-order valence-electron chi connectivity index (χ0n) is 11.1. The molecule has 112 valence electrons. The van der Waals surface area contributed by atoms with E-state index in [0.717, 1.165) is 15.8 Å². The van der Waals surface area contributed by atoms with Crippen LogP contribution in [0.5, 0.6) is 11.5 Å². The molecule has 8 heteroatoms. The van der Waals surface area contributed by atoms with Crippen LogP contribution in [0, 0.1) is 0 Å². The Hall–Kier alpha value is -0.830. The maximum absolute atomic E-state index is 11.3. The van der Waals surface area contributed by atoms with Gasteiger partial charge in [0, 0.05) is 13.1 Å². The van der Waals surface area contributed by atoms with E-state index in [1.807, 2.05) is 12.1 Å². The fourth-order valence-corrected chi connectivity index (χ4v) is 3.03. The monoisotopic (exact) mass is 364 g/mol. The minimum absolute atomic E-state index is 0.0508. The van der Waals surface area contributed by atoms with E-state index in [2.05, 4.69) is 26.0 Å². The molecule has 0 atom stereocenters. The molecule has 0 amide bonds. The third-order valence-corrected chi connectivity index (χ3v) is 4.80. The summed E-state index contributed by atoms with van der Waals surface area (Å²) in [5.74, 6) is 1.48. The number of nitrogens with one attached hydrogen (secondary N) is 2. The van der Waals surface area contributed by atoms with Crippen molar-refractivity contribution in [1.82, 2.24) is 10.0 Å². The first kappa shape index (κ1) is 15.6. The van der Waals surface area contributed by atoms with Crippen LogP contribution < -0.4 is 19.5 Å². The molecule has 1 aromatic rings. The van der Waals surface area contributed by atoms with Crippen molar-refractivity contribution in [3.63, 3.8) is 0 Å². The van der Waals surface area contributed by atoms with Gasteiger partial charge in [0.25, 0.3) is 0 Å². The van der Waals surface area contributed by atoms with Gasteiger partial charge in [0.05, 0.1) is 10.2 Å². The number of hydrogen-bond acceptors (Lipinski definition) is 5. The van der Waals surface area contributed by atoms with E-state index >= 15 is 0 Å². The molecule has 0 unspecified atom stereocenters. The second-order valence-corrected chi connectivity index (χ2v) is 7.20. The zero-order valence-corrected chi connectivity index (χ0v) is 13.5. The number of hydrogen-bond donors (Lipinski definition) is 2. The predicted molar refractivity (Wildman–Crippen MR) is 79.7 cm³/mol. The van der Waals surface area contributed by atoms with Crippen LogP contribution in [0.1, 0.15) is 5.56 Å². The first-order valence-corrected chi connectivity index (χ1v) is 8.66. The number of ether oxygens (including phenoxy) is 2. The molecule has 0 saturated carbocycles. The highest BCUT2D eigenvalue weighted by Crippen LogP contribution is 2.38. The van der Waals surface area contributed by atoms with Crippen LogP contribution in [-0.4, -0.2) is 41.0 Å². The lowest BCUT2D eigenvalue weighted by atomic mass is 10.2. The predicted octanol–water partition coefficient (Wildman–Crippen LogP) is 0.859. The van der Waals surface area contributed by atoms with E-state index in [0.29, 0.717) is 32.1 Å². The summed E-state index contributed by atoms with van der Waals surface area (Å²) in [5.41, 5.74) is 1.00. The van der Waals surface area contributed by atoms with Crippen LogP contribution in [0.2, 0.25) is 0 Å². The Morgan fingerprint density at radius 1 is 1.30 bits per heavy atom. The minimum Gasteiger partial charge on any atom is -0.486 e. The molecular formula is C12H17BrN2O4S.